The highest BCUT2D eigenvalue weighted by molar-refractivity contribution is 5.09. The van der Waals surface area contributed by atoms with Crippen LogP contribution in [0.25, 0.3) is 0 Å². The number of rotatable bonds is 6. The SMILES string of the molecule is CC(CCCO)NCc1cncc(F)c1. The first-order chi connectivity index (χ1) is 7.22. The maximum atomic E-state index is 12.8. The van der Waals surface area contributed by atoms with Gasteiger partial charge in [0.2, 0.25) is 0 Å². The smallest absolute Gasteiger partial charge is 0.141 e. The fraction of sp³-hybridized carbons (Fsp3) is 0.545. The van der Waals surface area contributed by atoms with Gasteiger partial charge in [0.1, 0.15) is 5.82 Å². The average Bonchev–Trinajstić information content (AvgIpc) is 2.23. The standard InChI is InChI=1S/C11H17FN2O/c1-9(3-2-4-15)14-7-10-5-11(12)8-13-6-10/h5-6,8-9,14-15H,2-4,7H2,1H3. The summed E-state index contributed by atoms with van der Waals surface area (Å²) in [5, 5.41) is 11.9. The second-order valence-corrected chi connectivity index (χ2v) is 3.66. The number of aliphatic hydroxyl groups is 1. The van der Waals surface area contributed by atoms with Gasteiger partial charge in [0, 0.05) is 25.4 Å². The molecule has 0 saturated heterocycles. The normalized spacial score (nSPS) is 12.7. The molecular formula is C11H17FN2O. The van der Waals surface area contributed by atoms with E-state index in [1.165, 1.54) is 12.3 Å². The van der Waals surface area contributed by atoms with Crippen LogP contribution in [0.3, 0.4) is 0 Å². The number of halogens is 1. The lowest BCUT2D eigenvalue weighted by Gasteiger charge is -2.12. The Bertz CT molecular complexity index is 294. The number of nitrogens with zero attached hydrogens (tertiary/aromatic N) is 1. The van der Waals surface area contributed by atoms with Crippen LogP contribution < -0.4 is 5.32 Å². The van der Waals surface area contributed by atoms with E-state index in [1.807, 2.05) is 6.92 Å². The number of hydrogen-bond acceptors (Lipinski definition) is 3. The van der Waals surface area contributed by atoms with Crippen molar-refractivity contribution in [1.82, 2.24) is 10.3 Å². The highest BCUT2D eigenvalue weighted by Gasteiger charge is 2.01. The van der Waals surface area contributed by atoms with Gasteiger partial charge in [-0.1, -0.05) is 0 Å². The van der Waals surface area contributed by atoms with Crippen molar-refractivity contribution >= 4 is 0 Å². The molecule has 84 valence electrons. The zero-order valence-electron chi connectivity index (χ0n) is 8.91. The van der Waals surface area contributed by atoms with Gasteiger partial charge in [-0.25, -0.2) is 4.39 Å². The van der Waals surface area contributed by atoms with E-state index in [0.717, 1.165) is 18.4 Å². The van der Waals surface area contributed by atoms with Crippen molar-refractivity contribution in [3.8, 4) is 0 Å². The quantitative estimate of drug-likeness (QED) is 0.750. The second-order valence-electron chi connectivity index (χ2n) is 3.66. The van der Waals surface area contributed by atoms with Gasteiger partial charge in [0.15, 0.2) is 0 Å². The zero-order chi connectivity index (χ0) is 11.1. The molecule has 0 aromatic carbocycles. The Labute approximate surface area is 89.4 Å². The fourth-order valence-corrected chi connectivity index (χ4v) is 1.34. The largest absolute Gasteiger partial charge is 0.396 e. The highest BCUT2D eigenvalue weighted by atomic mass is 19.1. The summed E-state index contributed by atoms with van der Waals surface area (Å²) < 4.78 is 12.8. The third-order valence-corrected chi connectivity index (χ3v) is 2.21. The average molecular weight is 212 g/mol. The van der Waals surface area contributed by atoms with Crippen LogP contribution in [0.4, 0.5) is 4.39 Å². The molecule has 1 aromatic heterocycles. The van der Waals surface area contributed by atoms with E-state index < -0.39 is 0 Å². The molecule has 0 saturated carbocycles. The van der Waals surface area contributed by atoms with E-state index in [-0.39, 0.29) is 12.4 Å². The maximum Gasteiger partial charge on any atom is 0.141 e. The molecule has 1 aromatic rings. The monoisotopic (exact) mass is 212 g/mol. The Balaban J connectivity index is 2.30. The Morgan fingerprint density at radius 1 is 1.53 bits per heavy atom. The third kappa shape index (κ3) is 4.85. The molecule has 0 spiro atoms. The Morgan fingerprint density at radius 3 is 3.00 bits per heavy atom. The zero-order valence-corrected chi connectivity index (χ0v) is 8.91. The van der Waals surface area contributed by atoms with Crippen LogP contribution >= 0.6 is 0 Å². The fourth-order valence-electron chi connectivity index (χ4n) is 1.34. The molecule has 1 atom stereocenters. The summed E-state index contributed by atoms with van der Waals surface area (Å²) in [5.41, 5.74) is 0.839. The Hall–Kier alpha value is -1.00. The minimum absolute atomic E-state index is 0.216. The van der Waals surface area contributed by atoms with Gasteiger partial charge in [0.05, 0.1) is 6.20 Å². The maximum absolute atomic E-state index is 12.8. The molecule has 0 radical (unpaired) electrons. The van der Waals surface area contributed by atoms with Crippen LogP contribution in [0.2, 0.25) is 0 Å². The van der Waals surface area contributed by atoms with Crippen molar-refractivity contribution in [2.75, 3.05) is 6.61 Å². The van der Waals surface area contributed by atoms with Crippen LogP contribution in [0.5, 0.6) is 0 Å². The van der Waals surface area contributed by atoms with Crippen LogP contribution in [-0.4, -0.2) is 22.7 Å². The number of pyridine rings is 1. The lowest BCUT2D eigenvalue weighted by atomic mass is 10.2. The van der Waals surface area contributed by atoms with Gasteiger partial charge >= 0.3 is 0 Å². The lowest BCUT2D eigenvalue weighted by molar-refractivity contribution is 0.276. The molecule has 4 heteroatoms. The molecule has 0 aliphatic rings. The molecule has 15 heavy (non-hydrogen) atoms. The van der Waals surface area contributed by atoms with E-state index in [9.17, 15) is 4.39 Å². The van der Waals surface area contributed by atoms with Gasteiger partial charge in [-0.05, 0) is 31.4 Å². The van der Waals surface area contributed by atoms with E-state index >= 15 is 0 Å². The Morgan fingerprint density at radius 2 is 2.33 bits per heavy atom. The molecule has 1 heterocycles. The van der Waals surface area contributed by atoms with Crippen molar-refractivity contribution in [3.63, 3.8) is 0 Å². The van der Waals surface area contributed by atoms with Gasteiger partial charge in [0.25, 0.3) is 0 Å². The molecule has 1 unspecified atom stereocenters. The van der Waals surface area contributed by atoms with Gasteiger partial charge in [-0.15, -0.1) is 0 Å². The molecular weight excluding hydrogens is 195 g/mol. The molecule has 0 aliphatic carbocycles. The summed E-state index contributed by atoms with van der Waals surface area (Å²) in [5.74, 6) is -0.308. The molecule has 3 nitrogen and oxygen atoms in total. The van der Waals surface area contributed by atoms with Crippen LogP contribution in [0.15, 0.2) is 18.5 Å². The van der Waals surface area contributed by atoms with Crippen LogP contribution in [0.1, 0.15) is 25.3 Å². The van der Waals surface area contributed by atoms with E-state index in [4.69, 9.17) is 5.11 Å². The van der Waals surface area contributed by atoms with E-state index in [0.29, 0.717) is 12.6 Å². The van der Waals surface area contributed by atoms with Crippen molar-refractivity contribution in [1.29, 1.82) is 0 Å². The first-order valence-corrected chi connectivity index (χ1v) is 5.16. The topological polar surface area (TPSA) is 45.1 Å². The Kier molecular flexibility index (Phi) is 5.21. The van der Waals surface area contributed by atoms with Crippen molar-refractivity contribution in [2.24, 2.45) is 0 Å². The minimum atomic E-state index is -0.308. The number of aliphatic hydroxyl groups excluding tert-OH is 1. The predicted molar refractivity (Wildman–Crippen MR) is 56.8 cm³/mol. The van der Waals surface area contributed by atoms with E-state index in [1.54, 1.807) is 6.20 Å². The molecule has 2 N–H and O–H groups in total. The van der Waals surface area contributed by atoms with Gasteiger partial charge in [-0.2, -0.15) is 0 Å². The van der Waals surface area contributed by atoms with Crippen LogP contribution in [0, 0.1) is 5.82 Å². The summed E-state index contributed by atoms with van der Waals surface area (Å²) >= 11 is 0. The first-order valence-electron chi connectivity index (χ1n) is 5.16. The molecule has 0 aliphatic heterocycles. The molecule has 0 bridgehead atoms. The van der Waals surface area contributed by atoms with Gasteiger partial charge in [-0.3, -0.25) is 4.98 Å². The summed E-state index contributed by atoms with van der Waals surface area (Å²) in [6, 6.07) is 1.79. The molecule has 0 fully saturated rings. The van der Waals surface area contributed by atoms with E-state index in [2.05, 4.69) is 10.3 Å². The highest BCUT2D eigenvalue weighted by Crippen LogP contribution is 2.02. The predicted octanol–water partition coefficient (Wildman–Crippen LogP) is 1.47. The third-order valence-electron chi connectivity index (χ3n) is 2.21. The minimum Gasteiger partial charge on any atom is -0.396 e. The van der Waals surface area contributed by atoms with Gasteiger partial charge < -0.3 is 10.4 Å². The molecule has 1 rings (SSSR count). The van der Waals surface area contributed by atoms with Crippen molar-refractivity contribution in [3.05, 3.63) is 29.8 Å². The number of nitrogens with one attached hydrogen (secondary N) is 1. The number of aromatic nitrogens is 1. The molecule has 0 amide bonds. The lowest BCUT2D eigenvalue weighted by Crippen LogP contribution is -2.25. The second kappa shape index (κ2) is 6.48. The van der Waals surface area contributed by atoms with Crippen molar-refractivity contribution in [2.45, 2.75) is 32.4 Å². The summed E-state index contributed by atoms with van der Waals surface area (Å²) in [7, 11) is 0. The summed E-state index contributed by atoms with van der Waals surface area (Å²) in [4.78, 5) is 3.77. The summed E-state index contributed by atoms with van der Waals surface area (Å²) in [6.45, 7) is 2.87. The number of hydrogen-bond donors (Lipinski definition) is 2. The van der Waals surface area contributed by atoms with Crippen LogP contribution in [-0.2, 0) is 6.54 Å². The summed E-state index contributed by atoms with van der Waals surface area (Å²) in [6.07, 6.45) is 4.54. The first kappa shape index (κ1) is 12.1. The van der Waals surface area contributed by atoms with Crippen molar-refractivity contribution < 1.29 is 9.50 Å².